The molecule has 0 atom stereocenters. The quantitative estimate of drug-likeness (QED) is 0.723. The maximum Gasteiger partial charge on any atom is 0.274 e. The number of hydrogen-bond acceptors (Lipinski definition) is 5. The number of nitrogens with one attached hydrogen (secondary N) is 3. The highest BCUT2D eigenvalue weighted by Gasteiger charge is 2.23. The van der Waals surface area contributed by atoms with Gasteiger partial charge in [-0.25, -0.2) is 4.68 Å². The molecule has 27 heavy (non-hydrogen) atoms. The molecule has 1 fully saturated rings. The Kier molecular flexibility index (Phi) is 6.08. The van der Waals surface area contributed by atoms with Gasteiger partial charge in [-0.15, -0.1) is 5.10 Å². The van der Waals surface area contributed by atoms with Gasteiger partial charge in [0.15, 0.2) is 5.69 Å². The molecular weight excluding hydrogens is 368 g/mol. The van der Waals surface area contributed by atoms with Gasteiger partial charge in [-0.05, 0) is 57.5 Å². The topological polar surface area (TPSA) is 101 Å². The van der Waals surface area contributed by atoms with E-state index in [4.69, 9.17) is 11.6 Å². The van der Waals surface area contributed by atoms with Crippen molar-refractivity contribution < 1.29 is 9.59 Å². The SMILES string of the molecule is Cc1ccc(NC(=O)CNC(=O)c2nnn(C3CCNCC3)c2C)c(Cl)c1. The van der Waals surface area contributed by atoms with E-state index in [1.54, 1.807) is 12.1 Å². The monoisotopic (exact) mass is 390 g/mol. The number of aryl methyl sites for hydroxylation is 1. The molecule has 1 aromatic heterocycles. The molecule has 0 bridgehead atoms. The number of rotatable bonds is 5. The number of hydrogen-bond donors (Lipinski definition) is 3. The zero-order chi connectivity index (χ0) is 19.4. The van der Waals surface area contributed by atoms with Crippen molar-refractivity contribution in [3.8, 4) is 0 Å². The minimum atomic E-state index is -0.419. The Labute approximate surface area is 162 Å². The molecule has 2 aromatic rings. The van der Waals surface area contributed by atoms with Gasteiger partial charge in [0, 0.05) is 0 Å². The lowest BCUT2D eigenvalue weighted by Crippen LogP contribution is -2.33. The fourth-order valence-electron chi connectivity index (χ4n) is 3.11. The average Bonchev–Trinajstić information content (AvgIpc) is 3.04. The summed E-state index contributed by atoms with van der Waals surface area (Å²) in [5.41, 5.74) is 2.46. The third-order valence-electron chi connectivity index (χ3n) is 4.61. The van der Waals surface area contributed by atoms with E-state index >= 15 is 0 Å². The smallest absolute Gasteiger partial charge is 0.274 e. The number of nitrogens with zero attached hydrogens (tertiary/aromatic N) is 3. The molecule has 1 aliphatic rings. The van der Waals surface area contributed by atoms with Gasteiger partial charge in [-0.1, -0.05) is 22.9 Å². The third-order valence-corrected chi connectivity index (χ3v) is 4.92. The van der Waals surface area contributed by atoms with Gasteiger partial charge in [0.2, 0.25) is 5.91 Å². The molecular formula is C18H23ClN6O2. The molecule has 8 nitrogen and oxygen atoms in total. The van der Waals surface area contributed by atoms with E-state index in [2.05, 4.69) is 26.3 Å². The van der Waals surface area contributed by atoms with E-state index in [0.29, 0.717) is 16.4 Å². The van der Waals surface area contributed by atoms with Gasteiger partial charge < -0.3 is 16.0 Å². The van der Waals surface area contributed by atoms with Gasteiger partial charge in [-0.3, -0.25) is 9.59 Å². The standard InChI is InChI=1S/C18H23ClN6O2/c1-11-3-4-15(14(19)9-11)22-16(26)10-21-18(27)17-12(2)25(24-23-17)13-5-7-20-8-6-13/h3-4,9,13,20H,5-8,10H2,1-2H3,(H,21,27)(H,22,26). The molecule has 2 amide bonds. The summed E-state index contributed by atoms with van der Waals surface area (Å²) in [5.74, 6) is -0.782. The van der Waals surface area contributed by atoms with Crippen molar-refractivity contribution in [3.05, 3.63) is 40.2 Å². The molecule has 3 rings (SSSR count). The summed E-state index contributed by atoms with van der Waals surface area (Å²) in [5, 5.41) is 17.2. The Morgan fingerprint density at radius 1 is 1.30 bits per heavy atom. The summed E-state index contributed by atoms with van der Waals surface area (Å²) in [6, 6.07) is 5.58. The predicted octanol–water partition coefficient (Wildman–Crippen LogP) is 1.84. The number of aromatic nitrogens is 3. The minimum Gasteiger partial charge on any atom is -0.342 e. The lowest BCUT2D eigenvalue weighted by Gasteiger charge is -2.23. The van der Waals surface area contributed by atoms with Crippen LogP contribution in [0.15, 0.2) is 18.2 Å². The molecule has 0 aliphatic carbocycles. The number of carbonyl (C=O) groups is 2. The first-order valence-corrected chi connectivity index (χ1v) is 9.30. The molecule has 0 spiro atoms. The first kappa shape index (κ1) is 19.3. The summed E-state index contributed by atoms with van der Waals surface area (Å²) in [6.07, 6.45) is 1.90. The molecule has 2 heterocycles. The van der Waals surface area contributed by atoms with E-state index in [1.807, 2.05) is 24.6 Å². The molecule has 144 valence electrons. The van der Waals surface area contributed by atoms with E-state index < -0.39 is 5.91 Å². The van der Waals surface area contributed by atoms with E-state index in [9.17, 15) is 9.59 Å². The molecule has 0 unspecified atom stereocenters. The largest absolute Gasteiger partial charge is 0.342 e. The number of piperidine rings is 1. The Balaban J connectivity index is 1.57. The molecule has 1 saturated heterocycles. The number of anilines is 1. The van der Waals surface area contributed by atoms with Crippen molar-refractivity contribution in [2.75, 3.05) is 25.0 Å². The predicted molar refractivity (Wildman–Crippen MR) is 103 cm³/mol. The molecule has 0 saturated carbocycles. The van der Waals surface area contributed by atoms with Crippen molar-refractivity contribution in [2.45, 2.75) is 32.7 Å². The number of amides is 2. The second kappa shape index (κ2) is 8.49. The highest BCUT2D eigenvalue weighted by Crippen LogP contribution is 2.22. The first-order valence-electron chi connectivity index (χ1n) is 8.92. The minimum absolute atomic E-state index is 0.178. The zero-order valence-electron chi connectivity index (χ0n) is 15.4. The van der Waals surface area contributed by atoms with E-state index in [0.717, 1.165) is 31.5 Å². The fourth-order valence-corrected chi connectivity index (χ4v) is 3.39. The van der Waals surface area contributed by atoms with Crippen LogP contribution in [0.3, 0.4) is 0 Å². The summed E-state index contributed by atoms with van der Waals surface area (Å²) in [4.78, 5) is 24.5. The van der Waals surface area contributed by atoms with Crippen LogP contribution in [0.1, 0.15) is 40.6 Å². The molecule has 3 N–H and O–H groups in total. The Morgan fingerprint density at radius 3 is 2.74 bits per heavy atom. The average molecular weight is 391 g/mol. The summed E-state index contributed by atoms with van der Waals surface area (Å²) in [6.45, 7) is 5.41. The highest BCUT2D eigenvalue weighted by molar-refractivity contribution is 6.33. The lowest BCUT2D eigenvalue weighted by molar-refractivity contribution is -0.115. The van der Waals surface area contributed by atoms with Crippen LogP contribution in [0.5, 0.6) is 0 Å². The molecule has 0 radical (unpaired) electrons. The van der Waals surface area contributed by atoms with Crippen LogP contribution < -0.4 is 16.0 Å². The third kappa shape index (κ3) is 4.64. The van der Waals surface area contributed by atoms with Gasteiger partial charge in [-0.2, -0.15) is 0 Å². The van der Waals surface area contributed by atoms with Gasteiger partial charge >= 0.3 is 0 Å². The van der Waals surface area contributed by atoms with Gasteiger partial charge in [0.25, 0.3) is 5.91 Å². The second-order valence-electron chi connectivity index (χ2n) is 6.66. The van der Waals surface area contributed by atoms with Crippen molar-refractivity contribution in [2.24, 2.45) is 0 Å². The Hall–Kier alpha value is -2.45. The first-order chi connectivity index (χ1) is 13.0. The fraction of sp³-hybridized carbons (Fsp3) is 0.444. The maximum atomic E-state index is 12.4. The zero-order valence-corrected chi connectivity index (χ0v) is 16.1. The number of halogens is 1. The summed E-state index contributed by atoms with van der Waals surface area (Å²) >= 11 is 6.10. The molecule has 1 aromatic carbocycles. The van der Waals surface area contributed by atoms with E-state index in [-0.39, 0.29) is 24.2 Å². The Morgan fingerprint density at radius 2 is 2.04 bits per heavy atom. The van der Waals surface area contributed by atoms with Gasteiger partial charge in [0.05, 0.1) is 29.0 Å². The highest BCUT2D eigenvalue weighted by atomic mass is 35.5. The number of benzene rings is 1. The van der Waals surface area contributed by atoms with E-state index in [1.165, 1.54) is 0 Å². The van der Waals surface area contributed by atoms with Crippen molar-refractivity contribution in [1.29, 1.82) is 0 Å². The number of carbonyl (C=O) groups excluding carboxylic acids is 2. The van der Waals surface area contributed by atoms with Crippen LogP contribution in [-0.2, 0) is 4.79 Å². The van der Waals surface area contributed by atoms with Crippen LogP contribution in [0.4, 0.5) is 5.69 Å². The van der Waals surface area contributed by atoms with Crippen molar-refractivity contribution in [3.63, 3.8) is 0 Å². The van der Waals surface area contributed by atoms with Gasteiger partial charge in [0.1, 0.15) is 0 Å². The summed E-state index contributed by atoms with van der Waals surface area (Å²) < 4.78 is 1.81. The maximum absolute atomic E-state index is 12.4. The normalized spacial score (nSPS) is 14.8. The van der Waals surface area contributed by atoms with Crippen molar-refractivity contribution in [1.82, 2.24) is 25.6 Å². The van der Waals surface area contributed by atoms with Crippen LogP contribution >= 0.6 is 11.6 Å². The van der Waals surface area contributed by atoms with Crippen molar-refractivity contribution >= 4 is 29.1 Å². The van der Waals surface area contributed by atoms with Crippen LogP contribution in [-0.4, -0.2) is 46.4 Å². The Bertz CT molecular complexity index is 844. The van der Waals surface area contributed by atoms with Crippen LogP contribution in [0, 0.1) is 13.8 Å². The molecule has 1 aliphatic heterocycles. The molecule has 9 heteroatoms. The van der Waals surface area contributed by atoms with Crippen LogP contribution in [0.2, 0.25) is 5.02 Å². The van der Waals surface area contributed by atoms with Crippen LogP contribution in [0.25, 0.3) is 0 Å². The second-order valence-corrected chi connectivity index (χ2v) is 7.07. The lowest BCUT2D eigenvalue weighted by atomic mass is 10.1. The summed E-state index contributed by atoms with van der Waals surface area (Å²) in [7, 11) is 0.